The molecule has 17 heavy (non-hydrogen) atoms. The first-order valence-corrected chi connectivity index (χ1v) is 6.51. The molecule has 1 aromatic heterocycles. The zero-order valence-electron chi connectivity index (χ0n) is 10.3. The number of aromatic nitrogens is 2. The standard InChI is InChI=1S/C13H19N3O/c1-10(17)15-6-4-11(8-15)12-3-2-5-16-9-14-7-13(12)16/h7,9,11-12H,2-6,8H2,1H3. The van der Waals surface area contributed by atoms with Gasteiger partial charge in [0, 0.05) is 44.4 Å². The second-order valence-electron chi connectivity index (χ2n) is 5.27. The van der Waals surface area contributed by atoms with Crippen molar-refractivity contribution in [2.24, 2.45) is 5.92 Å². The van der Waals surface area contributed by atoms with Crippen molar-refractivity contribution < 1.29 is 4.79 Å². The third-order valence-electron chi connectivity index (χ3n) is 4.28. The van der Waals surface area contributed by atoms with E-state index in [9.17, 15) is 4.79 Å². The van der Waals surface area contributed by atoms with Crippen molar-refractivity contribution in [1.82, 2.24) is 14.5 Å². The lowest BCUT2D eigenvalue weighted by atomic mass is 9.83. The molecular formula is C13H19N3O. The Balaban J connectivity index is 1.77. The summed E-state index contributed by atoms with van der Waals surface area (Å²) < 4.78 is 2.28. The Bertz CT molecular complexity index is 426. The fourth-order valence-electron chi connectivity index (χ4n) is 3.33. The van der Waals surface area contributed by atoms with Crippen molar-refractivity contribution in [3.8, 4) is 0 Å². The van der Waals surface area contributed by atoms with E-state index < -0.39 is 0 Å². The molecule has 1 fully saturated rings. The van der Waals surface area contributed by atoms with Crippen molar-refractivity contribution in [2.75, 3.05) is 13.1 Å². The van der Waals surface area contributed by atoms with Crippen LogP contribution in [-0.2, 0) is 11.3 Å². The molecular weight excluding hydrogens is 214 g/mol. The minimum Gasteiger partial charge on any atom is -0.343 e. The Morgan fingerprint density at radius 1 is 1.41 bits per heavy atom. The Hall–Kier alpha value is -1.32. The van der Waals surface area contributed by atoms with Crippen LogP contribution in [0.25, 0.3) is 0 Å². The predicted molar refractivity (Wildman–Crippen MR) is 64.6 cm³/mol. The fourth-order valence-corrected chi connectivity index (χ4v) is 3.33. The Morgan fingerprint density at radius 3 is 3.06 bits per heavy atom. The number of imidazole rings is 1. The molecule has 0 saturated carbocycles. The third-order valence-corrected chi connectivity index (χ3v) is 4.28. The van der Waals surface area contributed by atoms with Gasteiger partial charge in [-0.3, -0.25) is 4.79 Å². The van der Waals surface area contributed by atoms with Crippen LogP contribution in [0.3, 0.4) is 0 Å². The van der Waals surface area contributed by atoms with Gasteiger partial charge in [0.1, 0.15) is 0 Å². The molecule has 2 atom stereocenters. The molecule has 2 aliphatic rings. The van der Waals surface area contributed by atoms with Crippen molar-refractivity contribution in [3.63, 3.8) is 0 Å². The van der Waals surface area contributed by atoms with E-state index in [1.165, 1.54) is 18.5 Å². The number of rotatable bonds is 1. The van der Waals surface area contributed by atoms with Crippen molar-refractivity contribution in [1.29, 1.82) is 0 Å². The number of carbonyl (C=O) groups is 1. The summed E-state index contributed by atoms with van der Waals surface area (Å²) in [5.74, 6) is 1.46. The van der Waals surface area contributed by atoms with Crippen molar-refractivity contribution in [3.05, 3.63) is 18.2 Å². The molecule has 3 rings (SSSR count). The lowest BCUT2D eigenvalue weighted by Crippen LogP contribution is -2.28. The first kappa shape index (κ1) is 10.8. The number of aryl methyl sites for hydroxylation is 1. The molecule has 1 saturated heterocycles. The molecule has 0 N–H and O–H groups in total. The molecule has 0 aromatic carbocycles. The van der Waals surface area contributed by atoms with Gasteiger partial charge in [-0.25, -0.2) is 4.98 Å². The maximum atomic E-state index is 11.4. The van der Waals surface area contributed by atoms with Gasteiger partial charge < -0.3 is 9.47 Å². The van der Waals surface area contributed by atoms with Gasteiger partial charge in [0.15, 0.2) is 0 Å². The SMILES string of the molecule is CC(=O)N1CCC(C2CCCn3cncc32)C1. The van der Waals surface area contributed by atoms with E-state index in [4.69, 9.17) is 0 Å². The van der Waals surface area contributed by atoms with Crippen LogP contribution in [0, 0.1) is 5.92 Å². The van der Waals surface area contributed by atoms with Crippen molar-refractivity contribution >= 4 is 5.91 Å². The van der Waals surface area contributed by atoms with Crippen LogP contribution >= 0.6 is 0 Å². The number of hydrogen-bond donors (Lipinski definition) is 0. The summed E-state index contributed by atoms with van der Waals surface area (Å²) in [6, 6.07) is 0. The van der Waals surface area contributed by atoms with E-state index in [1.807, 2.05) is 17.4 Å². The van der Waals surface area contributed by atoms with E-state index in [-0.39, 0.29) is 5.91 Å². The molecule has 0 bridgehead atoms. The van der Waals surface area contributed by atoms with Gasteiger partial charge in [-0.1, -0.05) is 0 Å². The fraction of sp³-hybridized carbons (Fsp3) is 0.692. The van der Waals surface area contributed by atoms with Crippen LogP contribution in [0.4, 0.5) is 0 Å². The van der Waals surface area contributed by atoms with Gasteiger partial charge in [0.25, 0.3) is 0 Å². The van der Waals surface area contributed by atoms with Crippen LogP contribution in [0.1, 0.15) is 37.8 Å². The second-order valence-corrected chi connectivity index (χ2v) is 5.27. The highest BCUT2D eigenvalue weighted by atomic mass is 16.2. The van der Waals surface area contributed by atoms with Gasteiger partial charge in [-0.15, -0.1) is 0 Å². The summed E-state index contributed by atoms with van der Waals surface area (Å²) in [4.78, 5) is 17.6. The quantitative estimate of drug-likeness (QED) is 0.739. The van der Waals surface area contributed by atoms with E-state index in [2.05, 4.69) is 9.55 Å². The zero-order valence-corrected chi connectivity index (χ0v) is 10.3. The van der Waals surface area contributed by atoms with E-state index >= 15 is 0 Å². The number of amides is 1. The highest BCUT2D eigenvalue weighted by Crippen LogP contribution is 2.37. The van der Waals surface area contributed by atoms with Crippen LogP contribution in [0.15, 0.2) is 12.5 Å². The number of hydrogen-bond acceptors (Lipinski definition) is 2. The maximum Gasteiger partial charge on any atom is 0.219 e. The van der Waals surface area contributed by atoms with Crippen molar-refractivity contribution in [2.45, 2.75) is 38.6 Å². The van der Waals surface area contributed by atoms with E-state index in [1.54, 1.807) is 6.92 Å². The molecule has 4 nitrogen and oxygen atoms in total. The molecule has 2 unspecified atom stereocenters. The monoisotopic (exact) mass is 233 g/mol. The first-order valence-electron chi connectivity index (χ1n) is 6.51. The second kappa shape index (κ2) is 4.17. The number of nitrogens with zero attached hydrogens (tertiary/aromatic N) is 3. The highest BCUT2D eigenvalue weighted by molar-refractivity contribution is 5.73. The number of carbonyl (C=O) groups excluding carboxylic acids is 1. The van der Waals surface area contributed by atoms with Crippen LogP contribution in [-0.4, -0.2) is 33.4 Å². The summed E-state index contributed by atoms with van der Waals surface area (Å²) in [5, 5.41) is 0. The van der Waals surface area contributed by atoms with Gasteiger partial charge in [0.2, 0.25) is 5.91 Å². The van der Waals surface area contributed by atoms with Crippen LogP contribution < -0.4 is 0 Å². The van der Waals surface area contributed by atoms with Gasteiger partial charge in [-0.2, -0.15) is 0 Å². The third kappa shape index (κ3) is 1.85. The molecule has 0 aliphatic carbocycles. The zero-order chi connectivity index (χ0) is 11.8. The largest absolute Gasteiger partial charge is 0.343 e. The lowest BCUT2D eigenvalue weighted by Gasteiger charge is -2.28. The lowest BCUT2D eigenvalue weighted by molar-refractivity contribution is -0.127. The molecule has 1 aromatic rings. The molecule has 4 heteroatoms. The molecule has 3 heterocycles. The Kier molecular flexibility index (Phi) is 2.65. The van der Waals surface area contributed by atoms with Crippen LogP contribution in [0.2, 0.25) is 0 Å². The average Bonchev–Trinajstić information content (AvgIpc) is 2.97. The van der Waals surface area contributed by atoms with E-state index in [0.717, 1.165) is 26.1 Å². The minimum absolute atomic E-state index is 0.219. The predicted octanol–water partition coefficient (Wildman–Crippen LogP) is 1.63. The van der Waals surface area contributed by atoms with Crippen LogP contribution in [0.5, 0.6) is 0 Å². The highest BCUT2D eigenvalue weighted by Gasteiger charge is 2.34. The summed E-state index contributed by atoms with van der Waals surface area (Å²) >= 11 is 0. The summed E-state index contributed by atoms with van der Waals surface area (Å²) in [6.07, 6.45) is 7.60. The molecule has 92 valence electrons. The van der Waals surface area contributed by atoms with Gasteiger partial charge >= 0.3 is 0 Å². The summed E-state index contributed by atoms with van der Waals surface area (Å²) in [7, 11) is 0. The minimum atomic E-state index is 0.219. The van der Waals surface area contributed by atoms with Gasteiger partial charge in [0.05, 0.1) is 6.33 Å². The molecule has 1 amide bonds. The Morgan fingerprint density at radius 2 is 2.29 bits per heavy atom. The number of likely N-dealkylation sites (tertiary alicyclic amines) is 1. The topological polar surface area (TPSA) is 38.1 Å². The maximum absolute atomic E-state index is 11.4. The molecule has 0 spiro atoms. The smallest absolute Gasteiger partial charge is 0.219 e. The molecule has 2 aliphatic heterocycles. The van der Waals surface area contributed by atoms with Gasteiger partial charge in [-0.05, 0) is 25.2 Å². The number of fused-ring (bicyclic) bond motifs is 1. The summed E-state index contributed by atoms with van der Waals surface area (Å²) in [5.41, 5.74) is 1.38. The normalized spacial score (nSPS) is 28.2. The Labute approximate surface area is 102 Å². The molecule has 0 radical (unpaired) electrons. The summed E-state index contributed by atoms with van der Waals surface area (Å²) in [6.45, 7) is 4.65. The first-order chi connectivity index (χ1) is 8.25. The van der Waals surface area contributed by atoms with E-state index in [0.29, 0.717) is 11.8 Å². The average molecular weight is 233 g/mol.